The molecule has 0 radical (unpaired) electrons. The predicted octanol–water partition coefficient (Wildman–Crippen LogP) is 1.48. The number of aliphatic hydroxyl groups excluding tert-OH is 1. The van der Waals surface area contributed by atoms with E-state index >= 15 is 0 Å². The number of nitrogens with one attached hydrogen (secondary N) is 1. The summed E-state index contributed by atoms with van der Waals surface area (Å²) in [5.41, 5.74) is 2.25. The highest BCUT2D eigenvalue weighted by Gasteiger charge is 2.22. The molecule has 0 saturated heterocycles. The van der Waals surface area contributed by atoms with Crippen molar-refractivity contribution in [3.63, 3.8) is 0 Å². The molecule has 0 bridgehead atoms. The monoisotopic (exact) mass is 183 g/mol. The smallest absolute Gasteiger partial charge is 0.0626 e. The molecule has 0 spiro atoms. The molecule has 1 aromatic rings. The summed E-state index contributed by atoms with van der Waals surface area (Å²) in [7, 11) is 0. The van der Waals surface area contributed by atoms with Gasteiger partial charge in [-0.25, -0.2) is 0 Å². The highest BCUT2D eigenvalue weighted by Crippen LogP contribution is 2.29. The molecule has 0 aromatic heterocycles. The number of fused-ring (bicyclic) bond motifs is 1. The summed E-state index contributed by atoms with van der Waals surface area (Å²) in [5, 5.41) is 13.0. The van der Waals surface area contributed by atoms with Gasteiger partial charge in [-0.2, -0.15) is 0 Å². The summed E-state index contributed by atoms with van der Waals surface area (Å²) >= 11 is 5.97. The summed E-state index contributed by atoms with van der Waals surface area (Å²) in [6, 6.07) is 5.86. The highest BCUT2D eigenvalue weighted by atomic mass is 35.5. The standard InChI is InChI=1S/C9H10ClNO/c10-8-3-1-2-6-7(8)4-11-9(6)5-12/h1-3,9,11-12H,4-5H2. The van der Waals surface area contributed by atoms with E-state index in [4.69, 9.17) is 16.7 Å². The predicted molar refractivity (Wildman–Crippen MR) is 48.1 cm³/mol. The first kappa shape index (κ1) is 8.05. The Morgan fingerprint density at radius 3 is 3.17 bits per heavy atom. The van der Waals surface area contributed by atoms with Crippen LogP contribution in [0.1, 0.15) is 17.2 Å². The maximum absolute atomic E-state index is 9.00. The minimum Gasteiger partial charge on any atom is -0.394 e. The second kappa shape index (κ2) is 3.05. The second-order valence-corrected chi connectivity index (χ2v) is 3.33. The number of aliphatic hydroxyl groups is 1. The molecule has 12 heavy (non-hydrogen) atoms. The van der Waals surface area contributed by atoms with Crippen LogP contribution in [0.25, 0.3) is 0 Å². The van der Waals surface area contributed by atoms with Gasteiger partial charge < -0.3 is 10.4 Å². The van der Waals surface area contributed by atoms with Crippen molar-refractivity contribution in [3.8, 4) is 0 Å². The van der Waals surface area contributed by atoms with Crippen molar-refractivity contribution in [2.24, 2.45) is 0 Å². The van der Waals surface area contributed by atoms with Crippen LogP contribution in [0.4, 0.5) is 0 Å². The van der Waals surface area contributed by atoms with Crippen LogP contribution in [0.5, 0.6) is 0 Å². The van der Waals surface area contributed by atoms with Gasteiger partial charge in [0, 0.05) is 11.6 Å². The van der Waals surface area contributed by atoms with Crippen LogP contribution in [0.15, 0.2) is 18.2 Å². The van der Waals surface area contributed by atoms with Gasteiger partial charge in [0.1, 0.15) is 0 Å². The van der Waals surface area contributed by atoms with E-state index < -0.39 is 0 Å². The fourth-order valence-corrected chi connectivity index (χ4v) is 1.84. The van der Waals surface area contributed by atoms with Gasteiger partial charge in [-0.3, -0.25) is 0 Å². The van der Waals surface area contributed by atoms with E-state index in [9.17, 15) is 0 Å². The van der Waals surface area contributed by atoms with E-state index in [0.717, 1.165) is 22.7 Å². The fourth-order valence-electron chi connectivity index (χ4n) is 1.59. The Hall–Kier alpha value is -0.570. The molecule has 1 heterocycles. The molecule has 0 fully saturated rings. The van der Waals surface area contributed by atoms with Crippen LogP contribution < -0.4 is 5.32 Å². The van der Waals surface area contributed by atoms with E-state index in [0.29, 0.717) is 0 Å². The molecule has 1 aliphatic heterocycles. The Morgan fingerprint density at radius 2 is 2.42 bits per heavy atom. The molecule has 0 amide bonds. The van der Waals surface area contributed by atoms with E-state index in [1.54, 1.807) is 0 Å². The molecule has 2 rings (SSSR count). The third kappa shape index (κ3) is 1.12. The maximum atomic E-state index is 9.00. The average molecular weight is 184 g/mol. The Bertz CT molecular complexity index is 301. The topological polar surface area (TPSA) is 32.3 Å². The van der Waals surface area contributed by atoms with E-state index in [1.165, 1.54) is 0 Å². The normalized spacial score (nSPS) is 21.0. The number of rotatable bonds is 1. The van der Waals surface area contributed by atoms with Crippen molar-refractivity contribution in [2.75, 3.05) is 6.61 Å². The third-order valence-corrected chi connectivity index (χ3v) is 2.59. The number of benzene rings is 1. The lowest BCUT2D eigenvalue weighted by molar-refractivity contribution is 0.251. The first-order valence-electron chi connectivity index (χ1n) is 3.94. The van der Waals surface area contributed by atoms with Gasteiger partial charge in [0.15, 0.2) is 0 Å². The van der Waals surface area contributed by atoms with Crippen molar-refractivity contribution in [2.45, 2.75) is 12.6 Å². The minimum atomic E-state index is 0.0682. The summed E-state index contributed by atoms with van der Waals surface area (Å²) in [6.07, 6.45) is 0. The third-order valence-electron chi connectivity index (χ3n) is 2.24. The molecular formula is C9H10ClNO. The Balaban J connectivity index is 2.46. The molecule has 1 unspecified atom stereocenters. The van der Waals surface area contributed by atoms with Crippen LogP contribution in [0, 0.1) is 0 Å². The molecule has 2 N–H and O–H groups in total. The quantitative estimate of drug-likeness (QED) is 0.691. The van der Waals surface area contributed by atoms with Crippen molar-refractivity contribution in [3.05, 3.63) is 34.3 Å². The van der Waals surface area contributed by atoms with Crippen molar-refractivity contribution >= 4 is 11.6 Å². The van der Waals surface area contributed by atoms with Gasteiger partial charge in [0.25, 0.3) is 0 Å². The van der Waals surface area contributed by atoms with Crippen molar-refractivity contribution in [1.82, 2.24) is 5.32 Å². The van der Waals surface area contributed by atoms with Crippen LogP contribution in [-0.2, 0) is 6.54 Å². The fraction of sp³-hybridized carbons (Fsp3) is 0.333. The lowest BCUT2D eigenvalue weighted by atomic mass is 10.1. The maximum Gasteiger partial charge on any atom is 0.0626 e. The van der Waals surface area contributed by atoms with Crippen LogP contribution >= 0.6 is 11.6 Å². The van der Waals surface area contributed by atoms with Crippen molar-refractivity contribution < 1.29 is 5.11 Å². The first-order chi connectivity index (χ1) is 5.83. The zero-order valence-corrected chi connectivity index (χ0v) is 7.30. The summed E-state index contributed by atoms with van der Waals surface area (Å²) in [5.74, 6) is 0. The lowest BCUT2D eigenvalue weighted by Crippen LogP contribution is -2.15. The summed E-state index contributed by atoms with van der Waals surface area (Å²) in [6.45, 7) is 0.896. The summed E-state index contributed by atoms with van der Waals surface area (Å²) < 4.78 is 0. The Labute approximate surface area is 76.2 Å². The molecule has 3 heteroatoms. The Morgan fingerprint density at radius 1 is 1.58 bits per heavy atom. The highest BCUT2D eigenvalue weighted by molar-refractivity contribution is 6.31. The largest absolute Gasteiger partial charge is 0.394 e. The number of hydrogen-bond donors (Lipinski definition) is 2. The van der Waals surface area contributed by atoms with Gasteiger partial charge in [0.2, 0.25) is 0 Å². The molecule has 1 atom stereocenters. The van der Waals surface area contributed by atoms with E-state index in [1.807, 2.05) is 18.2 Å². The van der Waals surface area contributed by atoms with Crippen LogP contribution in [-0.4, -0.2) is 11.7 Å². The van der Waals surface area contributed by atoms with E-state index in [-0.39, 0.29) is 12.6 Å². The van der Waals surface area contributed by atoms with Crippen molar-refractivity contribution in [1.29, 1.82) is 0 Å². The molecule has 2 nitrogen and oxygen atoms in total. The lowest BCUT2D eigenvalue weighted by Gasteiger charge is -2.06. The first-order valence-corrected chi connectivity index (χ1v) is 4.32. The van der Waals surface area contributed by atoms with Gasteiger partial charge in [-0.15, -0.1) is 0 Å². The molecule has 0 aliphatic carbocycles. The zero-order chi connectivity index (χ0) is 8.55. The molecule has 1 aromatic carbocycles. The average Bonchev–Trinajstić information content (AvgIpc) is 2.49. The molecule has 0 saturated carbocycles. The second-order valence-electron chi connectivity index (χ2n) is 2.92. The molecule has 64 valence electrons. The van der Waals surface area contributed by atoms with E-state index in [2.05, 4.69) is 5.32 Å². The summed E-state index contributed by atoms with van der Waals surface area (Å²) in [4.78, 5) is 0. The van der Waals surface area contributed by atoms with Gasteiger partial charge in [-0.05, 0) is 17.2 Å². The number of hydrogen-bond acceptors (Lipinski definition) is 2. The van der Waals surface area contributed by atoms with Gasteiger partial charge in [0.05, 0.1) is 12.6 Å². The SMILES string of the molecule is OCC1NCc2c(Cl)cccc21. The number of halogens is 1. The minimum absolute atomic E-state index is 0.0682. The van der Waals surface area contributed by atoms with Crippen LogP contribution in [0.2, 0.25) is 5.02 Å². The van der Waals surface area contributed by atoms with Crippen LogP contribution in [0.3, 0.4) is 0 Å². The molecular weight excluding hydrogens is 174 g/mol. The Kier molecular flexibility index (Phi) is 2.05. The molecule has 1 aliphatic rings. The van der Waals surface area contributed by atoms with Gasteiger partial charge >= 0.3 is 0 Å². The van der Waals surface area contributed by atoms with Gasteiger partial charge in [-0.1, -0.05) is 23.7 Å². The zero-order valence-electron chi connectivity index (χ0n) is 6.55.